The van der Waals surface area contributed by atoms with Gasteiger partial charge in [-0.2, -0.15) is 0 Å². The molecule has 0 fully saturated rings. The van der Waals surface area contributed by atoms with Crippen molar-refractivity contribution < 1.29 is 25.2 Å². The molecule has 0 aromatic rings. The van der Waals surface area contributed by atoms with Crippen LogP contribution in [-0.2, 0) is 20.1 Å². The minimum atomic E-state index is -1.12. The van der Waals surface area contributed by atoms with Crippen molar-refractivity contribution in [2.45, 2.75) is 0 Å². The molecular formula is C2H5ClO2Zn. The van der Waals surface area contributed by atoms with Crippen molar-refractivity contribution in [3.8, 4) is 0 Å². The first-order valence-corrected chi connectivity index (χ1v) is 6.77. The third-order valence-electron chi connectivity index (χ3n) is 0.313. The number of aliphatic hydroxyl groups is 1. The van der Waals surface area contributed by atoms with Gasteiger partial charge in [0.1, 0.15) is 0 Å². The van der Waals surface area contributed by atoms with E-state index in [4.69, 9.17) is 14.8 Å². The van der Waals surface area contributed by atoms with Crippen LogP contribution in [0, 0.1) is 0 Å². The Bertz CT molecular complexity index is 23.5. The van der Waals surface area contributed by atoms with E-state index in [-0.39, 0.29) is 6.61 Å². The van der Waals surface area contributed by atoms with Crippen molar-refractivity contribution in [3.63, 3.8) is 0 Å². The Morgan fingerprint density at radius 1 is 1.83 bits per heavy atom. The van der Waals surface area contributed by atoms with Crippen LogP contribution >= 0.6 is 9.69 Å². The van der Waals surface area contributed by atoms with Crippen LogP contribution in [-0.4, -0.2) is 18.3 Å². The van der Waals surface area contributed by atoms with Crippen LogP contribution in [0.15, 0.2) is 0 Å². The Morgan fingerprint density at radius 2 is 2.50 bits per heavy atom. The average molecular weight is 162 g/mol. The summed E-state index contributed by atoms with van der Waals surface area (Å²) in [4.78, 5) is 0. The Morgan fingerprint density at radius 3 is 2.67 bits per heavy atom. The van der Waals surface area contributed by atoms with Gasteiger partial charge >= 0.3 is 48.1 Å². The number of rotatable bonds is 3. The normalized spacial score (nSPS) is 7.67. The molecule has 0 amide bonds. The van der Waals surface area contributed by atoms with E-state index in [0.717, 1.165) is 0 Å². The molecule has 0 aliphatic heterocycles. The summed E-state index contributed by atoms with van der Waals surface area (Å²) in [5.74, 6) is 0. The summed E-state index contributed by atoms with van der Waals surface area (Å²) in [6.07, 6.45) is 0. The van der Waals surface area contributed by atoms with Crippen molar-refractivity contribution in [1.29, 1.82) is 0 Å². The fraction of sp³-hybridized carbons (Fsp3) is 1.00. The van der Waals surface area contributed by atoms with E-state index in [2.05, 4.69) is 3.56 Å². The van der Waals surface area contributed by atoms with E-state index in [0.29, 0.717) is 6.61 Å². The molecule has 0 radical (unpaired) electrons. The van der Waals surface area contributed by atoms with Crippen LogP contribution in [0.25, 0.3) is 0 Å². The number of hydrogen-bond acceptors (Lipinski definition) is 2. The van der Waals surface area contributed by atoms with Crippen molar-refractivity contribution >= 4 is 9.69 Å². The number of halogens is 1. The molecule has 0 rings (SSSR count). The van der Waals surface area contributed by atoms with Crippen molar-refractivity contribution in [2.75, 3.05) is 13.2 Å². The van der Waals surface area contributed by atoms with Gasteiger partial charge in [0.05, 0.1) is 0 Å². The molecule has 0 aromatic carbocycles. The molecule has 2 nitrogen and oxygen atoms in total. The molecule has 34 valence electrons. The Kier molecular flexibility index (Phi) is 6.64. The number of hydrogen-bond donors (Lipinski definition) is 1. The zero-order valence-corrected chi connectivity index (χ0v) is 7.08. The molecule has 0 saturated heterocycles. The van der Waals surface area contributed by atoms with Crippen LogP contribution in [0.2, 0.25) is 0 Å². The molecule has 0 spiro atoms. The minimum absolute atomic E-state index is 0.0952. The molecule has 0 aromatic heterocycles. The first-order chi connectivity index (χ1) is 2.91. The van der Waals surface area contributed by atoms with Crippen LogP contribution < -0.4 is 0 Å². The Hall–Kier alpha value is 0.833. The summed E-state index contributed by atoms with van der Waals surface area (Å²) in [6.45, 7) is 0.515. The van der Waals surface area contributed by atoms with Gasteiger partial charge in [-0.1, -0.05) is 0 Å². The second-order valence-corrected chi connectivity index (χ2v) is 3.19. The van der Waals surface area contributed by atoms with Gasteiger partial charge in [0.25, 0.3) is 0 Å². The van der Waals surface area contributed by atoms with E-state index in [1.165, 1.54) is 0 Å². The summed E-state index contributed by atoms with van der Waals surface area (Å²) in [5, 5.41) is 8.04. The Balaban J connectivity index is 2.34. The zero-order valence-electron chi connectivity index (χ0n) is 3.35. The van der Waals surface area contributed by atoms with Crippen LogP contribution in [0.1, 0.15) is 0 Å². The van der Waals surface area contributed by atoms with Gasteiger partial charge in [-0.05, 0) is 0 Å². The molecule has 1 N–H and O–H groups in total. The fourth-order valence-corrected chi connectivity index (χ4v) is 1.19. The molecular weight excluding hydrogens is 157 g/mol. The third kappa shape index (κ3) is 4.83. The summed E-state index contributed by atoms with van der Waals surface area (Å²) in [7, 11) is 5.23. The van der Waals surface area contributed by atoms with Gasteiger partial charge in [-0.15, -0.1) is 0 Å². The molecule has 0 heterocycles. The third-order valence-corrected chi connectivity index (χ3v) is 2.04. The second-order valence-electron chi connectivity index (χ2n) is 0.741. The average Bonchev–Trinajstić information content (AvgIpc) is 1.61. The van der Waals surface area contributed by atoms with E-state index in [1.54, 1.807) is 0 Å². The summed E-state index contributed by atoms with van der Waals surface area (Å²) in [6, 6.07) is 0. The topological polar surface area (TPSA) is 29.5 Å². The summed E-state index contributed by atoms with van der Waals surface area (Å²) < 4.78 is 4.69. The molecule has 0 saturated carbocycles. The maximum atomic E-state index is 8.04. The van der Waals surface area contributed by atoms with Crippen molar-refractivity contribution in [2.24, 2.45) is 0 Å². The standard InChI is InChI=1S/C2H5O2.ClH.Zn/c3-1-2-4;;/h3H,1-2H2;1H;/q-1;;+2/p-1. The van der Waals surface area contributed by atoms with Crippen molar-refractivity contribution in [1.82, 2.24) is 0 Å². The fourth-order valence-electron chi connectivity index (χ4n) is 0.119. The second kappa shape index (κ2) is 5.83. The van der Waals surface area contributed by atoms with Crippen molar-refractivity contribution in [3.05, 3.63) is 0 Å². The summed E-state index contributed by atoms with van der Waals surface area (Å²) >= 11 is -1.12. The van der Waals surface area contributed by atoms with Crippen LogP contribution in [0.5, 0.6) is 0 Å². The molecule has 0 atom stereocenters. The van der Waals surface area contributed by atoms with Gasteiger partial charge in [0.15, 0.2) is 0 Å². The number of aliphatic hydroxyl groups excluding tert-OH is 1. The predicted molar refractivity (Wildman–Crippen MR) is 18.9 cm³/mol. The van der Waals surface area contributed by atoms with E-state index in [1.807, 2.05) is 0 Å². The first-order valence-electron chi connectivity index (χ1n) is 1.66. The first kappa shape index (κ1) is 6.83. The van der Waals surface area contributed by atoms with Crippen LogP contribution in [0.4, 0.5) is 0 Å². The quantitative estimate of drug-likeness (QED) is 0.472. The molecule has 0 bridgehead atoms. The molecule has 0 unspecified atom stereocenters. The zero-order chi connectivity index (χ0) is 4.83. The van der Waals surface area contributed by atoms with Gasteiger partial charge in [-0.3, -0.25) is 0 Å². The van der Waals surface area contributed by atoms with E-state index in [9.17, 15) is 0 Å². The molecule has 0 aliphatic carbocycles. The summed E-state index contributed by atoms with van der Waals surface area (Å²) in [5.41, 5.74) is 0. The van der Waals surface area contributed by atoms with Crippen LogP contribution in [0.3, 0.4) is 0 Å². The monoisotopic (exact) mass is 160 g/mol. The van der Waals surface area contributed by atoms with Gasteiger partial charge in [0.2, 0.25) is 0 Å². The predicted octanol–water partition coefficient (Wildman–Crippen LogP) is 0.147. The maximum absolute atomic E-state index is 8.04. The molecule has 6 heavy (non-hydrogen) atoms. The SMILES string of the molecule is OCC[O][Zn][Cl]. The van der Waals surface area contributed by atoms with Gasteiger partial charge in [-0.25, -0.2) is 0 Å². The molecule has 0 aliphatic rings. The Labute approximate surface area is 48.5 Å². The van der Waals surface area contributed by atoms with E-state index >= 15 is 0 Å². The van der Waals surface area contributed by atoms with E-state index < -0.39 is 16.5 Å². The van der Waals surface area contributed by atoms with Gasteiger partial charge in [0, 0.05) is 0 Å². The van der Waals surface area contributed by atoms with Gasteiger partial charge < -0.3 is 0 Å². The molecule has 4 heteroatoms.